The zero-order chi connectivity index (χ0) is 15.2. The molecule has 5 nitrogen and oxygen atoms in total. The van der Waals surface area contributed by atoms with Crippen LogP contribution in [-0.4, -0.2) is 35.6 Å². The van der Waals surface area contributed by atoms with Crippen LogP contribution in [0.5, 0.6) is 0 Å². The average Bonchev–Trinajstić information content (AvgIpc) is 2.36. The molecule has 0 saturated carbocycles. The third-order valence-corrected chi connectivity index (χ3v) is 3.09. The van der Waals surface area contributed by atoms with E-state index in [1.807, 2.05) is 18.2 Å². The summed E-state index contributed by atoms with van der Waals surface area (Å²) in [5.41, 5.74) is -0.0822. The number of halogens is 1. The minimum Gasteiger partial charge on any atom is -0.480 e. The Bertz CT molecular complexity index is 489. The zero-order valence-electron chi connectivity index (χ0n) is 11.6. The summed E-state index contributed by atoms with van der Waals surface area (Å²) in [6.07, 6.45) is 0.675. The monoisotopic (exact) mass is 298 g/mol. The Balaban J connectivity index is 2.29. The van der Waals surface area contributed by atoms with E-state index in [4.69, 9.17) is 16.7 Å². The van der Waals surface area contributed by atoms with Gasteiger partial charge in [0.15, 0.2) is 0 Å². The number of carbonyl (C=O) groups excluding carboxylic acids is 1. The molecule has 3 N–H and O–H groups in total. The van der Waals surface area contributed by atoms with Crippen molar-refractivity contribution in [3.8, 4) is 0 Å². The highest BCUT2D eigenvalue weighted by molar-refractivity contribution is 6.30. The minimum atomic E-state index is -1.12. The topological polar surface area (TPSA) is 78.4 Å². The fourth-order valence-corrected chi connectivity index (χ4v) is 1.69. The lowest BCUT2D eigenvalue weighted by atomic mass is 10.1. The number of amides is 1. The standard InChI is InChI=1S/C14H19ClN2O3/c1-14(2,13(19)20)17-9-12(18)16-7-6-10-4-3-5-11(15)8-10/h3-5,8,17H,6-7,9H2,1-2H3,(H,16,18)(H,19,20). The van der Waals surface area contributed by atoms with Gasteiger partial charge in [0.25, 0.3) is 0 Å². The van der Waals surface area contributed by atoms with E-state index in [0.717, 1.165) is 5.56 Å². The summed E-state index contributed by atoms with van der Waals surface area (Å²) >= 11 is 5.86. The summed E-state index contributed by atoms with van der Waals surface area (Å²) in [4.78, 5) is 22.4. The van der Waals surface area contributed by atoms with Crippen molar-refractivity contribution in [1.82, 2.24) is 10.6 Å². The van der Waals surface area contributed by atoms with Crippen molar-refractivity contribution in [3.63, 3.8) is 0 Å². The van der Waals surface area contributed by atoms with Crippen molar-refractivity contribution in [2.45, 2.75) is 25.8 Å². The minimum absolute atomic E-state index is 0.0329. The first-order valence-electron chi connectivity index (χ1n) is 6.31. The molecule has 1 aromatic rings. The summed E-state index contributed by atoms with van der Waals surface area (Å²) < 4.78 is 0. The fraction of sp³-hybridized carbons (Fsp3) is 0.429. The van der Waals surface area contributed by atoms with Gasteiger partial charge in [0.1, 0.15) is 5.54 Å². The van der Waals surface area contributed by atoms with E-state index < -0.39 is 11.5 Å². The highest BCUT2D eigenvalue weighted by atomic mass is 35.5. The lowest BCUT2D eigenvalue weighted by molar-refractivity contribution is -0.143. The Morgan fingerprint density at radius 3 is 2.65 bits per heavy atom. The van der Waals surface area contributed by atoms with E-state index >= 15 is 0 Å². The largest absolute Gasteiger partial charge is 0.480 e. The van der Waals surface area contributed by atoms with Gasteiger partial charge in [0.2, 0.25) is 5.91 Å². The Kier molecular flexibility index (Phi) is 5.98. The second-order valence-electron chi connectivity index (χ2n) is 5.01. The van der Waals surface area contributed by atoms with Gasteiger partial charge in [-0.2, -0.15) is 0 Å². The first-order valence-corrected chi connectivity index (χ1v) is 6.68. The number of hydrogen-bond donors (Lipinski definition) is 3. The van der Waals surface area contributed by atoms with Gasteiger partial charge < -0.3 is 10.4 Å². The van der Waals surface area contributed by atoms with Crippen LogP contribution in [0.2, 0.25) is 5.02 Å². The second kappa shape index (κ2) is 7.26. The van der Waals surface area contributed by atoms with Crippen molar-refractivity contribution in [2.24, 2.45) is 0 Å². The number of rotatable bonds is 7. The molecule has 0 atom stereocenters. The molecule has 0 aromatic heterocycles. The van der Waals surface area contributed by atoms with E-state index in [2.05, 4.69) is 10.6 Å². The van der Waals surface area contributed by atoms with Crippen molar-refractivity contribution in [2.75, 3.05) is 13.1 Å². The molecule has 0 aliphatic carbocycles. The average molecular weight is 299 g/mol. The lowest BCUT2D eigenvalue weighted by Crippen LogP contribution is -2.50. The second-order valence-corrected chi connectivity index (χ2v) is 5.45. The number of hydrogen-bond acceptors (Lipinski definition) is 3. The quantitative estimate of drug-likeness (QED) is 0.712. The number of carboxylic acid groups (broad SMARTS) is 1. The van der Waals surface area contributed by atoms with Crippen LogP contribution in [0.25, 0.3) is 0 Å². The summed E-state index contributed by atoms with van der Waals surface area (Å²) in [6, 6.07) is 7.43. The molecule has 0 heterocycles. The smallest absolute Gasteiger partial charge is 0.323 e. The third kappa shape index (κ3) is 5.59. The number of aliphatic carboxylic acids is 1. The Morgan fingerprint density at radius 1 is 1.35 bits per heavy atom. The molecular weight excluding hydrogens is 280 g/mol. The van der Waals surface area contributed by atoms with Crippen LogP contribution in [0, 0.1) is 0 Å². The molecule has 0 bridgehead atoms. The van der Waals surface area contributed by atoms with Crippen molar-refractivity contribution in [3.05, 3.63) is 34.9 Å². The lowest BCUT2D eigenvalue weighted by Gasteiger charge is -2.20. The molecule has 1 rings (SSSR count). The normalized spacial score (nSPS) is 11.2. The molecule has 0 spiro atoms. The first-order chi connectivity index (χ1) is 9.31. The predicted molar refractivity (Wildman–Crippen MR) is 77.9 cm³/mol. The van der Waals surface area contributed by atoms with E-state index in [1.54, 1.807) is 6.07 Å². The van der Waals surface area contributed by atoms with E-state index in [-0.39, 0.29) is 12.5 Å². The summed E-state index contributed by atoms with van der Waals surface area (Å²) in [7, 11) is 0. The van der Waals surface area contributed by atoms with E-state index in [0.29, 0.717) is 18.0 Å². The summed E-state index contributed by atoms with van der Waals surface area (Å²) in [5, 5.41) is 15.0. The molecule has 6 heteroatoms. The van der Waals surface area contributed by atoms with Crippen LogP contribution in [0.15, 0.2) is 24.3 Å². The summed E-state index contributed by atoms with van der Waals surface area (Å²) in [5.74, 6) is -1.23. The van der Waals surface area contributed by atoms with E-state index in [9.17, 15) is 9.59 Å². The maximum absolute atomic E-state index is 11.6. The first kappa shape index (κ1) is 16.5. The number of nitrogens with one attached hydrogen (secondary N) is 2. The third-order valence-electron chi connectivity index (χ3n) is 2.85. The van der Waals surface area contributed by atoms with Gasteiger partial charge in [-0.05, 0) is 38.0 Å². The van der Waals surface area contributed by atoms with Gasteiger partial charge in [-0.15, -0.1) is 0 Å². The maximum Gasteiger partial charge on any atom is 0.323 e. The molecule has 0 aliphatic rings. The Morgan fingerprint density at radius 2 is 2.05 bits per heavy atom. The highest BCUT2D eigenvalue weighted by Crippen LogP contribution is 2.10. The molecule has 20 heavy (non-hydrogen) atoms. The maximum atomic E-state index is 11.6. The number of carbonyl (C=O) groups is 2. The molecule has 0 unspecified atom stereocenters. The molecular formula is C14H19ClN2O3. The van der Waals surface area contributed by atoms with Gasteiger partial charge in [-0.3, -0.25) is 14.9 Å². The summed E-state index contributed by atoms with van der Waals surface area (Å²) in [6.45, 7) is 3.46. The van der Waals surface area contributed by atoms with Crippen LogP contribution < -0.4 is 10.6 Å². The Labute approximate surface area is 123 Å². The van der Waals surface area contributed by atoms with Crippen LogP contribution in [-0.2, 0) is 16.0 Å². The molecule has 1 amide bonds. The van der Waals surface area contributed by atoms with Crippen LogP contribution in [0.4, 0.5) is 0 Å². The van der Waals surface area contributed by atoms with Gasteiger partial charge in [0.05, 0.1) is 6.54 Å². The van der Waals surface area contributed by atoms with E-state index in [1.165, 1.54) is 13.8 Å². The Hall–Kier alpha value is -1.59. The molecule has 0 fully saturated rings. The van der Waals surface area contributed by atoms with Gasteiger partial charge in [-0.25, -0.2) is 0 Å². The number of benzene rings is 1. The van der Waals surface area contributed by atoms with Crippen LogP contribution in [0.3, 0.4) is 0 Å². The predicted octanol–water partition coefficient (Wildman–Crippen LogP) is 1.45. The highest BCUT2D eigenvalue weighted by Gasteiger charge is 2.26. The van der Waals surface area contributed by atoms with Crippen LogP contribution in [0.1, 0.15) is 19.4 Å². The van der Waals surface area contributed by atoms with Crippen LogP contribution >= 0.6 is 11.6 Å². The molecule has 110 valence electrons. The SMILES string of the molecule is CC(C)(NCC(=O)NCCc1cccc(Cl)c1)C(=O)O. The molecule has 1 aromatic carbocycles. The fourth-order valence-electron chi connectivity index (χ4n) is 1.48. The molecule has 0 radical (unpaired) electrons. The number of carboxylic acids is 1. The van der Waals surface area contributed by atoms with Crippen molar-refractivity contribution < 1.29 is 14.7 Å². The van der Waals surface area contributed by atoms with Crippen molar-refractivity contribution >= 4 is 23.5 Å². The molecule has 0 saturated heterocycles. The molecule has 0 aliphatic heterocycles. The van der Waals surface area contributed by atoms with Gasteiger partial charge in [0, 0.05) is 11.6 Å². The van der Waals surface area contributed by atoms with Gasteiger partial charge in [-0.1, -0.05) is 23.7 Å². The zero-order valence-corrected chi connectivity index (χ0v) is 12.3. The van der Waals surface area contributed by atoms with Crippen molar-refractivity contribution in [1.29, 1.82) is 0 Å². The van der Waals surface area contributed by atoms with Gasteiger partial charge >= 0.3 is 5.97 Å².